The quantitative estimate of drug-likeness (QED) is 0.201. The van der Waals surface area contributed by atoms with E-state index >= 15 is 0 Å². The Balaban J connectivity index is 1.33. The maximum absolute atomic E-state index is 3.69. The minimum Gasteiger partial charge on any atom is -0.354 e. The van der Waals surface area contributed by atoms with Crippen LogP contribution in [0.25, 0.3) is 22.3 Å². The van der Waals surface area contributed by atoms with Crippen molar-refractivity contribution in [3.63, 3.8) is 0 Å². The highest BCUT2D eigenvalue weighted by molar-refractivity contribution is 7.49. The molecule has 0 aromatic heterocycles. The smallest absolute Gasteiger partial charge is 0.0684 e. The maximum Gasteiger partial charge on any atom is 0.0684 e. The Morgan fingerprint density at radius 1 is 0.410 bits per heavy atom. The molecule has 0 radical (unpaired) electrons. The SMILES string of the molecule is c1ccc(PN(c2ccc(-c3ccccc3)cc2)c2ccccc2Nc2ccc(-c3ccccc3)cc2)cc1. The molecule has 39 heavy (non-hydrogen) atoms. The Morgan fingerprint density at radius 2 is 0.872 bits per heavy atom. The summed E-state index contributed by atoms with van der Waals surface area (Å²) in [6, 6.07) is 57.8. The molecule has 0 aliphatic heterocycles. The second-order valence-corrected chi connectivity index (χ2v) is 10.6. The molecular formula is C36H29N2P. The molecule has 0 aliphatic carbocycles. The zero-order valence-corrected chi connectivity index (χ0v) is 22.5. The van der Waals surface area contributed by atoms with E-state index < -0.39 is 0 Å². The number of nitrogens with one attached hydrogen (secondary N) is 1. The lowest BCUT2D eigenvalue weighted by molar-refractivity contribution is 1.41. The van der Waals surface area contributed by atoms with Crippen molar-refractivity contribution in [2.24, 2.45) is 0 Å². The summed E-state index contributed by atoms with van der Waals surface area (Å²) in [6.45, 7) is 0. The van der Waals surface area contributed by atoms with E-state index in [1.165, 1.54) is 27.6 Å². The average molecular weight is 521 g/mol. The summed E-state index contributed by atoms with van der Waals surface area (Å²) in [4.78, 5) is 0. The third kappa shape index (κ3) is 5.93. The Labute approximate surface area is 232 Å². The topological polar surface area (TPSA) is 15.3 Å². The first-order valence-electron chi connectivity index (χ1n) is 13.1. The van der Waals surface area contributed by atoms with Gasteiger partial charge in [0.15, 0.2) is 0 Å². The molecule has 6 aromatic carbocycles. The van der Waals surface area contributed by atoms with Gasteiger partial charge in [0, 0.05) is 20.1 Å². The molecule has 6 rings (SSSR count). The minimum absolute atomic E-state index is 0.443. The normalized spacial score (nSPS) is 11.0. The molecule has 3 heteroatoms. The molecule has 0 amide bonds. The van der Waals surface area contributed by atoms with Crippen molar-refractivity contribution >= 4 is 36.8 Å². The van der Waals surface area contributed by atoms with E-state index in [-0.39, 0.29) is 0 Å². The molecule has 2 nitrogen and oxygen atoms in total. The highest BCUT2D eigenvalue weighted by Crippen LogP contribution is 2.41. The standard InChI is InChI=1S/C36H29N2P/c1-4-12-28(13-5-1)30-20-24-32(25-21-30)37-35-18-10-11-19-36(35)38(39-34-16-8-3-9-17-34)33-26-22-31(23-27-33)29-14-6-2-7-15-29/h1-27,37,39H. The number of rotatable bonds is 8. The Kier molecular flexibility index (Phi) is 7.47. The fraction of sp³-hybridized carbons (Fsp3) is 0. The molecule has 0 saturated heterocycles. The van der Waals surface area contributed by atoms with E-state index in [0.29, 0.717) is 8.73 Å². The van der Waals surface area contributed by atoms with Crippen molar-refractivity contribution in [1.29, 1.82) is 0 Å². The Morgan fingerprint density at radius 3 is 1.46 bits per heavy atom. The van der Waals surface area contributed by atoms with E-state index in [1.54, 1.807) is 0 Å². The summed E-state index contributed by atoms with van der Waals surface area (Å²) in [5.74, 6) is 0. The van der Waals surface area contributed by atoms with Gasteiger partial charge < -0.3 is 9.99 Å². The third-order valence-corrected chi connectivity index (χ3v) is 7.98. The number of hydrogen-bond acceptors (Lipinski definition) is 2. The van der Waals surface area contributed by atoms with Crippen LogP contribution < -0.4 is 15.3 Å². The van der Waals surface area contributed by atoms with Crippen LogP contribution in [-0.2, 0) is 0 Å². The van der Waals surface area contributed by atoms with Crippen LogP contribution in [0.1, 0.15) is 0 Å². The van der Waals surface area contributed by atoms with Gasteiger partial charge in [-0.15, -0.1) is 0 Å². The first-order valence-corrected chi connectivity index (χ1v) is 14.1. The van der Waals surface area contributed by atoms with Crippen LogP contribution in [0.5, 0.6) is 0 Å². The summed E-state index contributed by atoms with van der Waals surface area (Å²) < 4.78 is 2.41. The lowest BCUT2D eigenvalue weighted by atomic mass is 10.1. The molecule has 1 unspecified atom stereocenters. The van der Waals surface area contributed by atoms with Crippen LogP contribution in [0.3, 0.4) is 0 Å². The zero-order chi connectivity index (χ0) is 26.3. The molecular weight excluding hydrogens is 491 g/mol. The molecule has 0 heterocycles. The molecule has 0 saturated carbocycles. The molecule has 1 N–H and O–H groups in total. The van der Waals surface area contributed by atoms with E-state index in [2.05, 4.69) is 168 Å². The zero-order valence-electron chi connectivity index (χ0n) is 21.5. The number of nitrogens with zero attached hydrogens (tertiary/aromatic N) is 1. The molecule has 188 valence electrons. The Hall–Kier alpha value is -4.65. The monoisotopic (exact) mass is 520 g/mol. The molecule has 0 aliphatic rings. The largest absolute Gasteiger partial charge is 0.354 e. The van der Waals surface area contributed by atoms with Gasteiger partial charge >= 0.3 is 0 Å². The van der Waals surface area contributed by atoms with Gasteiger partial charge in [-0.05, 0) is 64.0 Å². The van der Waals surface area contributed by atoms with E-state index in [9.17, 15) is 0 Å². The van der Waals surface area contributed by atoms with Gasteiger partial charge in [0.05, 0.1) is 11.4 Å². The summed E-state index contributed by atoms with van der Waals surface area (Å²) >= 11 is 0. The average Bonchev–Trinajstić information content (AvgIpc) is 3.02. The van der Waals surface area contributed by atoms with Gasteiger partial charge in [0.1, 0.15) is 0 Å². The maximum atomic E-state index is 3.69. The molecule has 0 bridgehead atoms. The van der Waals surface area contributed by atoms with Crippen molar-refractivity contribution in [3.05, 3.63) is 164 Å². The van der Waals surface area contributed by atoms with Gasteiger partial charge in [-0.25, -0.2) is 0 Å². The molecule has 0 spiro atoms. The van der Waals surface area contributed by atoms with Crippen LogP contribution in [-0.4, -0.2) is 0 Å². The van der Waals surface area contributed by atoms with Gasteiger partial charge in [0.25, 0.3) is 0 Å². The van der Waals surface area contributed by atoms with Gasteiger partial charge in [-0.1, -0.05) is 127 Å². The molecule has 1 atom stereocenters. The third-order valence-electron chi connectivity index (χ3n) is 6.66. The fourth-order valence-electron chi connectivity index (χ4n) is 4.65. The highest BCUT2D eigenvalue weighted by Gasteiger charge is 2.15. The van der Waals surface area contributed by atoms with Gasteiger partial charge in [-0.3, -0.25) is 0 Å². The van der Waals surface area contributed by atoms with Crippen LogP contribution >= 0.6 is 8.73 Å². The van der Waals surface area contributed by atoms with E-state index in [1.807, 2.05) is 6.07 Å². The number of hydrogen-bond donors (Lipinski definition) is 1. The predicted molar refractivity (Wildman–Crippen MR) is 170 cm³/mol. The highest BCUT2D eigenvalue weighted by atomic mass is 31.1. The first kappa shape index (κ1) is 24.7. The summed E-state index contributed by atoms with van der Waals surface area (Å²) in [5, 5.41) is 4.97. The van der Waals surface area contributed by atoms with Gasteiger partial charge in [-0.2, -0.15) is 0 Å². The number of benzene rings is 6. The van der Waals surface area contributed by atoms with Crippen molar-refractivity contribution < 1.29 is 0 Å². The van der Waals surface area contributed by atoms with Crippen LogP contribution in [0.4, 0.5) is 22.7 Å². The lowest BCUT2D eigenvalue weighted by Gasteiger charge is -2.28. The van der Waals surface area contributed by atoms with Crippen LogP contribution in [0, 0.1) is 0 Å². The first-order chi connectivity index (χ1) is 19.3. The fourth-order valence-corrected chi connectivity index (χ4v) is 5.84. The predicted octanol–water partition coefficient (Wildman–Crippen LogP) is 9.82. The van der Waals surface area contributed by atoms with Crippen molar-refractivity contribution in [1.82, 2.24) is 0 Å². The number of para-hydroxylation sites is 2. The lowest BCUT2D eigenvalue weighted by Crippen LogP contribution is -2.12. The second kappa shape index (κ2) is 11.8. The van der Waals surface area contributed by atoms with Crippen molar-refractivity contribution in [3.8, 4) is 22.3 Å². The van der Waals surface area contributed by atoms with Crippen LogP contribution in [0.2, 0.25) is 0 Å². The number of anilines is 4. The molecule has 6 aromatic rings. The van der Waals surface area contributed by atoms with Crippen LogP contribution in [0.15, 0.2) is 164 Å². The van der Waals surface area contributed by atoms with Crippen molar-refractivity contribution in [2.75, 3.05) is 9.99 Å². The summed E-state index contributed by atoms with van der Waals surface area (Å²) in [5.41, 5.74) is 9.29. The second-order valence-electron chi connectivity index (χ2n) is 9.31. The van der Waals surface area contributed by atoms with E-state index in [0.717, 1.165) is 22.7 Å². The summed E-state index contributed by atoms with van der Waals surface area (Å²) in [7, 11) is 0.443. The Bertz CT molecular complexity index is 1620. The molecule has 0 fully saturated rings. The summed E-state index contributed by atoms with van der Waals surface area (Å²) in [6.07, 6.45) is 0. The van der Waals surface area contributed by atoms with Crippen molar-refractivity contribution in [2.45, 2.75) is 0 Å². The van der Waals surface area contributed by atoms with E-state index in [4.69, 9.17) is 0 Å². The minimum atomic E-state index is 0.443. The van der Waals surface area contributed by atoms with Gasteiger partial charge in [0.2, 0.25) is 0 Å².